The van der Waals surface area contributed by atoms with E-state index in [2.05, 4.69) is 6.58 Å². The quantitative estimate of drug-likeness (QED) is 0.392. The van der Waals surface area contributed by atoms with Gasteiger partial charge in [-0.25, -0.2) is 4.79 Å². The molecule has 0 bridgehead atoms. The number of hydrogen-bond donors (Lipinski definition) is 2. The molecule has 0 aromatic heterocycles. The number of carbonyl (C=O) groups excluding carboxylic acids is 1. The summed E-state index contributed by atoms with van der Waals surface area (Å²) in [4.78, 5) is 11.6. The summed E-state index contributed by atoms with van der Waals surface area (Å²) < 4.78 is 5.32. The molecule has 0 amide bonds. The second kappa shape index (κ2) is 3.93. The lowest BCUT2D eigenvalue weighted by atomic mass is 9.54. The van der Waals surface area contributed by atoms with Crippen LogP contribution in [0.25, 0.3) is 0 Å². The predicted octanol–water partition coefficient (Wildman–Crippen LogP) is 1.18. The third-order valence-electron chi connectivity index (χ3n) is 5.30. The third-order valence-corrected chi connectivity index (χ3v) is 5.30. The normalized spacial score (nSPS) is 49.3. The van der Waals surface area contributed by atoms with E-state index in [4.69, 9.17) is 4.74 Å². The maximum atomic E-state index is 11.6. The number of rotatable bonds is 0. The Morgan fingerprint density at radius 3 is 2.84 bits per heavy atom. The van der Waals surface area contributed by atoms with Crippen LogP contribution in [0.2, 0.25) is 0 Å². The van der Waals surface area contributed by atoms with Gasteiger partial charge in [0.1, 0.15) is 6.10 Å². The topological polar surface area (TPSA) is 66.8 Å². The second-order valence-electron chi connectivity index (χ2n) is 6.37. The first-order chi connectivity index (χ1) is 8.86. The number of aliphatic hydroxyl groups is 2. The van der Waals surface area contributed by atoms with Crippen molar-refractivity contribution >= 4 is 5.97 Å². The standard InChI is InChI=1S/C15H20O4/c1-7-4-5-10(16)15(3)6-9-11(13(17)12(7)15)8(2)14(18)19-9/h4,9-13,16-17H,2,5-6H2,1,3H3/t9-,10-,11+,12+,13-,15+/m1/s1. The maximum Gasteiger partial charge on any atom is 0.334 e. The summed E-state index contributed by atoms with van der Waals surface area (Å²) in [6.07, 6.45) is 1.59. The van der Waals surface area contributed by atoms with Gasteiger partial charge < -0.3 is 14.9 Å². The Hall–Kier alpha value is -1.13. The average Bonchev–Trinajstić information content (AvgIpc) is 2.60. The molecule has 3 rings (SSSR count). The summed E-state index contributed by atoms with van der Waals surface area (Å²) in [5, 5.41) is 21.0. The van der Waals surface area contributed by atoms with E-state index in [9.17, 15) is 15.0 Å². The van der Waals surface area contributed by atoms with Crippen LogP contribution in [0, 0.1) is 17.3 Å². The van der Waals surface area contributed by atoms with E-state index in [-0.39, 0.29) is 17.9 Å². The van der Waals surface area contributed by atoms with E-state index in [1.165, 1.54) is 0 Å². The molecule has 4 nitrogen and oxygen atoms in total. The third kappa shape index (κ3) is 1.56. The molecule has 0 spiro atoms. The molecule has 104 valence electrons. The number of ether oxygens (including phenoxy) is 1. The van der Waals surface area contributed by atoms with Gasteiger partial charge in [0.25, 0.3) is 0 Å². The summed E-state index contributed by atoms with van der Waals surface area (Å²) in [6, 6.07) is 0. The molecular weight excluding hydrogens is 244 g/mol. The van der Waals surface area contributed by atoms with E-state index in [1.807, 2.05) is 19.9 Å². The van der Waals surface area contributed by atoms with E-state index >= 15 is 0 Å². The summed E-state index contributed by atoms with van der Waals surface area (Å²) in [5.74, 6) is -0.879. The number of fused-ring (bicyclic) bond motifs is 2. The van der Waals surface area contributed by atoms with Gasteiger partial charge in [-0.1, -0.05) is 25.2 Å². The van der Waals surface area contributed by atoms with Crippen molar-refractivity contribution in [1.29, 1.82) is 0 Å². The van der Waals surface area contributed by atoms with Crippen LogP contribution < -0.4 is 0 Å². The van der Waals surface area contributed by atoms with Gasteiger partial charge in [0.2, 0.25) is 0 Å². The van der Waals surface area contributed by atoms with Gasteiger partial charge in [-0.3, -0.25) is 0 Å². The van der Waals surface area contributed by atoms with Crippen molar-refractivity contribution in [1.82, 2.24) is 0 Å². The Balaban J connectivity index is 2.04. The Labute approximate surface area is 112 Å². The lowest BCUT2D eigenvalue weighted by Gasteiger charge is -2.53. The summed E-state index contributed by atoms with van der Waals surface area (Å²) in [5.41, 5.74) is 1.02. The highest BCUT2D eigenvalue weighted by atomic mass is 16.6. The van der Waals surface area contributed by atoms with E-state index in [1.54, 1.807) is 0 Å². The van der Waals surface area contributed by atoms with Crippen LogP contribution in [0.1, 0.15) is 26.7 Å². The first-order valence-electron chi connectivity index (χ1n) is 6.79. The number of esters is 1. The van der Waals surface area contributed by atoms with Crippen molar-refractivity contribution in [2.24, 2.45) is 17.3 Å². The van der Waals surface area contributed by atoms with Gasteiger partial charge in [-0.15, -0.1) is 0 Å². The van der Waals surface area contributed by atoms with Gasteiger partial charge in [0.05, 0.1) is 18.1 Å². The zero-order valence-corrected chi connectivity index (χ0v) is 11.3. The molecule has 19 heavy (non-hydrogen) atoms. The van der Waals surface area contributed by atoms with Crippen molar-refractivity contribution in [3.8, 4) is 0 Å². The summed E-state index contributed by atoms with van der Waals surface area (Å²) >= 11 is 0. The van der Waals surface area contributed by atoms with Crippen molar-refractivity contribution in [2.45, 2.75) is 45.0 Å². The highest BCUT2D eigenvalue weighted by Crippen LogP contribution is 2.55. The molecule has 0 aromatic carbocycles. The number of hydrogen-bond acceptors (Lipinski definition) is 4. The summed E-state index contributed by atoms with van der Waals surface area (Å²) in [6.45, 7) is 7.72. The van der Waals surface area contributed by atoms with Crippen LogP contribution in [0.5, 0.6) is 0 Å². The minimum absolute atomic E-state index is 0.135. The molecule has 6 atom stereocenters. The van der Waals surface area contributed by atoms with Crippen molar-refractivity contribution in [3.05, 3.63) is 23.8 Å². The SMILES string of the molecule is C=C1C(=O)O[C@@H]2C[C@@]3(C)[C@H](O)CC=C(C)[C@H]3[C@H](O)[C@@H]12. The molecule has 2 fully saturated rings. The molecule has 1 aliphatic heterocycles. The molecule has 0 unspecified atom stereocenters. The zero-order chi connectivity index (χ0) is 13.9. The molecule has 0 radical (unpaired) electrons. The van der Waals surface area contributed by atoms with E-state index in [0.717, 1.165) is 5.57 Å². The van der Waals surface area contributed by atoms with Crippen LogP contribution in [0.4, 0.5) is 0 Å². The lowest BCUT2D eigenvalue weighted by molar-refractivity contribution is -0.154. The Kier molecular flexibility index (Phi) is 2.67. The van der Waals surface area contributed by atoms with Gasteiger partial charge in [-0.2, -0.15) is 0 Å². The Morgan fingerprint density at radius 2 is 2.16 bits per heavy atom. The van der Waals surface area contributed by atoms with Crippen molar-refractivity contribution in [3.63, 3.8) is 0 Å². The molecule has 1 saturated heterocycles. The van der Waals surface area contributed by atoms with Crippen LogP contribution in [-0.4, -0.2) is 34.5 Å². The zero-order valence-electron chi connectivity index (χ0n) is 11.3. The molecule has 2 aliphatic carbocycles. The largest absolute Gasteiger partial charge is 0.458 e. The van der Waals surface area contributed by atoms with Crippen LogP contribution in [0.15, 0.2) is 23.8 Å². The molecule has 0 aromatic rings. The van der Waals surface area contributed by atoms with Crippen LogP contribution in [-0.2, 0) is 9.53 Å². The van der Waals surface area contributed by atoms with E-state index < -0.39 is 23.6 Å². The predicted molar refractivity (Wildman–Crippen MR) is 69.1 cm³/mol. The minimum Gasteiger partial charge on any atom is -0.458 e. The molecule has 3 aliphatic rings. The first-order valence-corrected chi connectivity index (χ1v) is 6.79. The van der Waals surface area contributed by atoms with Crippen LogP contribution >= 0.6 is 0 Å². The number of carbonyl (C=O) groups is 1. The van der Waals surface area contributed by atoms with Crippen molar-refractivity contribution < 1.29 is 19.7 Å². The lowest BCUT2D eigenvalue weighted by Crippen LogP contribution is -2.56. The van der Waals surface area contributed by atoms with Crippen molar-refractivity contribution in [2.75, 3.05) is 0 Å². The molecule has 2 N–H and O–H groups in total. The first kappa shape index (κ1) is 12.9. The van der Waals surface area contributed by atoms with E-state index in [0.29, 0.717) is 18.4 Å². The minimum atomic E-state index is -0.714. The van der Waals surface area contributed by atoms with Gasteiger partial charge in [0, 0.05) is 16.9 Å². The second-order valence-corrected chi connectivity index (χ2v) is 6.37. The fourth-order valence-electron chi connectivity index (χ4n) is 4.23. The fourth-order valence-corrected chi connectivity index (χ4v) is 4.23. The van der Waals surface area contributed by atoms with Gasteiger partial charge >= 0.3 is 5.97 Å². The smallest absolute Gasteiger partial charge is 0.334 e. The highest BCUT2D eigenvalue weighted by Gasteiger charge is 2.59. The Morgan fingerprint density at radius 1 is 1.47 bits per heavy atom. The fraction of sp³-hybridized carbons (Fsp3) is 0.667. The molecule has 1 heterocycles. The highest BCUT2D eigenvalue weighted by molar-refractivity contribution is 5.91. The summed E-state index contributed by atoms with van der Waals surface area (Å²) in [7, 11) is 0. The average molecular weight is 264 g/mol. The monoisotopic (exact) mass is 264 g/mol. The maximum absolute atomic E-state index is 11.6. The molecular formula is C15H20O4. The Bertz CT molecular complexity index is 481. The van der Waals surface area contributed by atoms with Gasteiger partial charge in [-0.05, 0) is 19.8 Å². The van der Waals surface area contributed by atoms with Crippen LogP contribution in [0.3, 0.4) is 0 Å². The number of aliphatic hydroxyl groups excluding tert-OH is 2. The molecule has 4 heteroatoms. The molecule has 1 saturated carbocycles. The van der Waals surface area contributed by atoms with Gasteiger partial charge in [0.15, 0.2) is 0 Å².